The molecule has 3 aliphatic rings. The van der Waals surface area contributed by atoms with Crippen LogP contribution in [0.2, 0.25) is 0 Å². The van der Waals surface area contributed by atoms with Crippen LogP contribution in [0.1, 0.15) is 98.3 Å². The summed E-state index contributed by atoms with van der Waals surface area (Å²) in [5, 5.41) is 10.0. The summed E-state index contributed by atoms with van der Waals surface area (Å²) in [7, 11) is 0. The van der Waals surface area contributed by atoms with Crippen molar-refractivity contribution in [3.8, 4) is 0 Å². The molecule has 182 valence electrons. The number of hydrogen-bond donors (Lipinski definition) is 1. The highest BCUT2D eigenvalue weighted by molar-refractivity contribution is 5.36. The van der Waals surface area contributed by atoms with Gasteiger partial charge in [-0.1, -0.05) is 76.8 Å². The Morgan fingerprint density at radius 3 is 2.42 bits per heavy atom. The summed E-state index contributed by atoms with van der Waals surface area (Å²) < 4.78 is 0. The summed E-state index contributed by atoms with van der Waals surface area (Å²) in [6, 6.07) is 0. The van der Waals surface area contributed by atoms with Crippen molar-refractivity contribution < 1.29 is 21.5 Å². The summed E-state index contributed by atoms with van der Waals surface area (Å²) in [4.78, 5) is 0. The summed E-state index contributed by atoms with van der Waals surface area (Å²) in [6.45, 7) is 14.1. The second kappa shape index (κ2) is 12.9. The Hall–Kier alpha value is -0.940. The van der Waals surface area contributed by atoms with E-state index in [2.05, 4.69) is 46.4 Å². The van der Waals surface area contributed by atoms with Crippen molar-refractivity contribution in [1.29, 1.82) is 0 Å². The second-order valence-corrected chi connectivity index (χ2v) is 10.8. The lowest BCUT2D eigenvalue weighted by Crippen LogP contribution is -2.36. The van der Waals surface area contributed by atoms with Crippen LogP contribution < -0.4 is 0 Å². The van der Waals surface area contributed by atoms with Crippen molar-refractivity contribution in [2.45, 2.75) is 104 Å². The number of fused-ring (bicyclic) bond motifs is 1. The van der Waals surface area contributed by atoms with Gasteiger partial charge in [-0.25, -0.2) is 0 Å². The van der Waals surface area contributed by atoms with E-state index >= 15 is 0 Å². The van der Waals surface area contributed by atoms with Gasteiger partial charge in [-0.2, -0.15) is 0 Å². The van der Waals surface area contributed by atoms with Gasteiger partial charge in [-0.15, -0.1) is 0 Å². The number of allylic oxidation sites excluding steroid dienone is 4. The van der Waals surface area contributed by atoms with Gasteiger partial charge in [0.25, 0.3) is 0 Å². The average molecular weight is 439 g/mol. The molecule has 7 N–H and O–H groups in total. The molecule has 3 rings (SSSR count). The molecule has 3 saturated carbocycles. The summed E-state index contributed by atoms with van der Waals surface area (Å²) in [6.07, 6.45) is 18.2. The minimum Gasteiger partial charge on any atom is -0.412 e. The number of aliphatic hydroxyl groups excluding tert-OH is 1. The Labute approximate surface area is 190 Å². The lowest BCUT2D eigenvalue weighted by molar-refractivity contribution is 0.0929. The van der Waals surface area contributed by atoms with E-state index in [1.807, 2.05) is 0 Å². The molecule has 0 aromatic heterocycles. The minimum atomic E-state index is -0.172. The van der Waals surface area contributed by atoms with E-state index in [4.69, 9.17) is 0 Å². The van der Waals surface area contributed by atoms with Gasteiger partial charge in [-0.3, -0.25) is 0 Å². The van der Waals surface area contributed by atoms with E-state index in [0.29, 0.717) is 5.41 Å². The van der Waals surface area contributed by atoms with Crippen LogP contribution in [0.15, 0.2) is 35.5 Å². The van der Waals surface area contributed by atoms with Crippen LogP contribution in [0.3, 0.4) is 0 Å². The summed E-state index contributed by atoms with van der Waals surface area (Å²) in [5.74, 6) is 3.37. The molecule has 0 aromatic rings. The van der Waals surface area contributed by atoms with Gasteiger partial charge in [0.15, 0.2) is 0 Å². The standard InChI is InChI=1S/C27H44O.3H2O/c1-19(2)8-6-9-21(4)25-15-16-26-22(10-7-17-27(25,26)5)12-13-23-18-24(28)14-11-20(23)3;;;/h12-13,19,21,24-26,28H,3,6-11,14-18H2,1-2,4-5H3;3*1H2/b22-12+,23-13-;;;/t21-,24+,25-,26+,27-;;;/m1.../s1. The predicted octanol–water partition coefficient (Wildman–Crippen LogP) is 5.14. The van der Waals surface area contributed by atoms with Crippen LogP contribution in [0, 0.1) is 29.1 Å². The van der Waals surface area contributed by atoms with Crippen molar-refractivity contribution in [1.82, 2.24) is 0 Å². The highest BCUT2D eigenvalue weighted by atomic mass is 16.3. The van der Waals surface area contributed by atoms with Crippen molar-refractivity contribution in [3.05, 3.63) is 35.5 Å². The van der Waals surface area contributed by atoms with Crippen molar-refractivity contribution >= 4 is 0 Å². The normalized spacial score (nSPS) is 34.0. The zero-order valence-corrected chi connectivity index (χ0v) is 20.5. The Morgan fingerprint density at radius 1 is 1.03 bits per heavy atom. The molecule has 3 fully saturated rings. The molecule has 31 heavy (non-hydrogen) atoms. The van der Waals surface area contributed by atoms with Crippen LogP contribution in [0.5, 0.6) is 0 Å². The van der Waals surface area contributed by atoms with Gasteiger partial charge in [0.05, 0.1) is 6.10 Å². The van der Waals surface area contributed by atoms with Crippen LogP contribution in [0.4, 0.5) is 0 Å². The molecule has 0 bridgehead atoms. The molecule has 0 saturated heterocycles. The Bertz CT molecular complexity index is 621. The van der Waals surface area contributed by atoms with Crippen LogP contribution in [-0.2, 0) is 0 Å². The fourth-order valence-corrected chi connectivity index (χ4v) is 6.66. The molecule has 0 spiro atoms. The van der Waals surface area contributed by atoms with Gasteiger partial charge in [0.2, 0.25) is 0 Å². The van der Waals surface area contributed by atoms with Crippen molar-refractivity contribution in [2.75, 3.05) is 0 Å². The maximum atomic E-state index is 10.0. The summed E-state index contributed by atoms with van der Waals surface area (Å²) >= 11 is 0. The second-order valence-electron chi connectivity index (χ2n) is 10.8. The number of rotatable bonds is 6. The van der Waals surface area contributed by atoms with E-state index in [1.54, 1.807) is 5.57 Å². The highest BCUT2D eigenvalue weighted by Gasteiger charge is 2.50. The van der Waals surface area contributed by atoms with Gasteiger partial charge in [0, 0.05) is 0 Å². The molecule has 0 unspecified atom stereocenters. The lowest BCUT2D eigenvalue weighted by atomic mass is 9.60. The molecule has 0 aromatic carbocycles. The third-order valence-corrected chi connectivity index (χ3v) is 8.35. The molecule has 4 nitrogen and oxygen atoms in total. The van der Waals surface area contributed by atoms with Crippen molar-refractivity contribution in [3.63, 3.8) is 0 Å². The van der Waals surface area contributed by atoms with Gasteiger partial charge >= 0.3 is 0 Å². The van der Waals surface area contributed by atoms with Gasteiger partial charge < -0.3 is 21.5 Å². The van der Waals surface area contributed by atoms with Crippen molar-refractivity contribution in [2.24, 2.45) is 29.1 Å². The molecular formula is C27H50O4. The maximum absolute atomic E-state index is 10.0. The van der Waals surface area contributed by atoms with E-state index in [0.717, 1.165) is 42.9 Å². The van der Waals surface area contributed by atoms with Gasteiger partial charge in [0.1, 0.15) is 0 Å². The Kier molecular flexibility index (Phi) is 12.5. The monoisotopic (exact) mass is 438 g/mol. The molecule has 5 atom stereocenters. The highest BCUT2D eigenvalue weighted by Crippen LogP contribution is 2.59. The largest absolute Gasteiger partial charge is 0.412 e. The third kappa shape index (κ3) is 7.02. The number of hydrogen-bond acceptors (Lipinski definition) is 1. The number of aliphatic hydroxyl groups is 1. The van der Waals surface area contributed by atoms with E-state index in [9.17, 15) is 5.11 Å². The smallest absolute Gasteiger partial charge is 0.0583 e. The molecule has 0 radical (unpaired) electrons. The first-order valence-electron chi connectivity index (χ1n) is 12.1. The molecule has 4 heteroatoms. The first-order chi connectivity index (χ1) is 13.3. The van der Waals surface area contributed by atoms with E-state index in [-0.39, 0.29) is 22.5 Å². The topological polar surface area (TPSA) is 115 Å². The van der Waals surface area contributed by atoms with Crippen LogP contribution in [-0.4, -0.2) is 27.6 Å². The quantitative estimate of drug-likeness (QED) is 0.607. The summed E-state index contributed by atoms with van der Waals surface area (Å²) in [5.41, 5.74) is 4.72. The zero-order valence-electron chi connectivity index (χ0n) is 20.5. The maximum Gasteiger partial charge on any atom is 0.0583 e. The van der Waals surface area contributed by atoms with E-state index in [1.165, 1.54) is 62.5 Å². The fourth-order valence-electron chi connectivity index (χ4n) is 6.66. The predicted molar refractivity (Wildman–Crippen MR) is 132 cm³/mol. The molecule has 0 amide bonds. The Balaban J connectivity index is 0.00000300. The fraction of sp³-hybridized carbons (Fsp3) is 0.778. The SMILES string of the molecule is C=C1CC[C@H](O)C/C1=C/C=C1\CCC[C@]2(C)[C@@H]([C@H](C)CCCC(C)C)CC[C@@H]12.O.O.O. The average Bonchev–Trinajstić information content (AvgIpc) is 2.99. The van der Waals surface area contributed by atoms with Crippen LogP contribution in [0.25, 0.3) is 0 Å². The first-order valence-corrected chi connectivity index (χ1v) is 12.1. The minimum absolute atomic E-state index is 0. The molecular weight excluding hydrogens is 388 g/mol. The lowest BCUT2D eigenvalue weighted by Gasteiger charge is -2.44. The van der Waals surface area contributed by atoms with Crippen LogP contribution >= 0.6 is 0 Å². The third-order valence-electron chi connectivity index (χ3n) is 8.35. The Morgan fingerprint density at radius 2 is 1.74 bits per heavy atom. The van der Waals surface area contributed by atoms with Gasteiger partial charge in [-0.05, 0) is 86.0 Å². The molecule has 3 aliphatic carbocycles. The first kappa shape index (κ1) is 30.1. The molecule has 0 aliphatic heterocycles. The zero-order chi connectivity index (χ0) is 20.3. The van der Waals surface area contributed by atoms with E-state index < -0.39 is 0 Å². The molecule has 0 heterocycles.